The second kappa shape index (κ2) is 5.58. The standard InChI is InChI=1S/C13H9ClN2O3/c14-11-6-10(7-12(8-11)16(18)19)13(17)5-9-1-3-15-4-2-9/h1-4,6-8H,5H2. The molecule has 1 heterocycles. The van der Waals surface area contributed by atoms with Gasteiger partial charge in [0.25, 0.3) is 5.69 Å². The van der Waals surface area contributed by atoms with Gasteiger partial charge in [-0.3, -0.25) is 19.9 Å². The molecule has 0 N–H and O–H groups in total. The van der Waals surface area contributed by atoms with E-state index in [0.29, 0.717) is 0 Å². The number of nitro benzene ring substituents is 1. The summed E-state index contributed by atoms with van der Waals surface area (Å²) < 4.78 is 0. The van der Waals surface area contributed by atoms with Crippen LogP contribution in [0.2, 0.25) is 5.02 Å². The van der Waals surface area contributed by atoms with Crippen molar-refractivity contribution in [3.05, 3.63) is 69.0 Å². The van der Waals surface area contributed by atoms with E-state index in [1.54, 1.807) is 24.5 Å². The first-order valence-electron chi connectivity index (χ1n) is 5.43. The number of ketones is 1. The highest BCUT2D eigenvalue weighted by Crippen LogP contribution is 2.22. The van der Waals surface area contributed by atoms with E-state index in [1.165, 1.54) is 18.2 Å². The number of hydrogen-bond donors (Lipinski definition) is 0. The zero-order valence-electron chi connectivity index (χ0n) is 9.75. The number of rotatable bonds is 4. The average molecular weight is 277 g/mol. The molecule has 0 atom stereocenters. The molecule has 0 amide bonds. The predicted octanol–water partition coefficient (Wildman–Crippen LogP) is 3.07. The van der Waals surface area contributed by atoms with Crippen LogP contribution in [0, 0.1) is 10.1 Å². The number of carbonyl (C=O) groups is 1. The van der Waals surface area contributed by atoms with Gasteiger partial charge in [0.2, 0.25) is 0 Å². The number of nitrogens with zero attached hydrogens (tertiary/aromatic N) is 2. The van der Waals surface area contributed by atoms with Gasteiger partial charge < -0.3 is 0 Å². The van der Waals surface area contributed by atoms with E-state index in [4.69, 9.17) is 11.6 Å². The quantitative estimate of drug-likeness (QED) is 0.489. The van der Waals surface area contributed by atoms with Crippen molar-refractivity contribution >= 4 is 23.1 Å². The zero-order chi connectivity index (χ0) is 13.8. The van der Waals surface area contributed by atoms with Crippen LogP contribution in [-0.4, -0.2) is 15.7 Å². The lowest BCUT2D eigenvalue weighted by molar-refractivity contribution is -0.384. The van der Waals surface area contributed by atoms with E-state index in [0.717, 1.165) is 5.56 Å². The number of aromatic nitrogens is 1. The highest BCUT2D eigenvalue weighted by molar-refractivity contribution is 6.31. The first kappa shape index (κ1) is 13.2. The summed E-state index contributed by atoms with van der Waals surface area (Å²) in [4.78, 5) is 26.0. The second-order valence-electron chi connectivity index (χ2n) is 3.91. The Labute approximate surface area is 114 Å². The van der Waals surface area contributed by atoms with E-state index in [2.05, 4.69) is 4.98 Å². The van der Waals surface area contributed by atoms with Crippen molar-refractivity contribution in [2.75, 3.05) is 0 Å². The molecule has 0 aliphatic carbocycles. The fraction of sp³-hybridized carbons (Fsp3) is 0.0769. The molecule has 96 valence electrons. The fourth-order valence-corrected chi connectivity index (χ4v) is 1.86. The largest absolute Gasteiger partial charge is 0.294 e. The Hall–Kier alpha value is -2.27. The molecule has 2 aromatic rings. The summed E-state index contributed by atoms with van der Waals surface area (Å²) in [5.74, 6) is -0.225. The maximum atomic E-state index is 12.0. The monoisotopic (exact) mass is 276 g/mol. The van der Waals surface area contributed by atoms with Crippen molar-refractivity contribution in [3.63, 3.8) is 0 Å². The van der Waals surface area contributed by atoms with Crippen molar-refractivity contribution < 1.29 is 9.72 Å². The van der Waals surface area contributed by atoms with Crippen molar-refractivity contribution in [2.45, 2.75) is 6.42 Å². The Morgan fingerprint density at radius 1 is 1.26 bits per heavy atom. The fourth-order valence-electron chi connectivity index (χ4n) is 1.63. The van der Waals surface area contributed by atoms with Crippen LogP contribution in [-0.2, 0) is 6.42 Å². The van der Waals surface area contributed by atoms with Gasteiger partial charge in [0.05, 0.1) is 4.92 Å². The lowest BCUT2D eigenvalue weighted by Gasteiger charge is -2.02. The molecule has 0 radical (unpaired) electrons. The Kier molecular flexibility index (Phi) is 3.87. The summed E-state index contributed by atoms with van der Waals surface area (Å²) in [7, 11) is 0. The molecule has 0 aliphatic heterocycles. The average Bonchev–Trinajstić information content (AvgIpc) is 2.39. The number of Topliss-reactive ketones (excluding diaryl/α,β-unsaturated/α-hetero) is 1. The van der Waals surface area contributed by atoms with E-state index in [-0.39, 0.29) is 28.5 Å². The van der Waals surface area contributed by atoms with Crippen LogP contribution in [0.25, 0.3) is 0 Å². The molecule has 0 unspecified atom stereocenters. The van der Waals surface area contributed by atoms with Gasteiger partial charge in [-0.1, -0.05) is 11.6 Å². The number of nitro groups is 1. The summed E-state index contributed by atoms with van der Waals surface area (Å²) in [5, 5.41) is 10.9. The van der Waals surface area contributed by atoms with Crippen LogP contribution in [0.4, 0.5) is 5.69 Å². The van der Waals surface area contributed by atoms with Crippen LogP contribution in [0.5, 0.6) is 0 Å². The first-order valence-corrected chi connectivity index (χ1v) is 5.81. The highest BCUT2D eigenvalue weighted by Gasteiger charge is 2.14. The van der Waals surface area contributed by atoms with Crippen molar-refractivity contribution in [2.24, 2.45) is 0 Å². The number of non-ortho nitro benzene ring substituents is 1. The van der Waals surface area contributed by atoms with Gasteiger partial charge in [-0.25, -0.2) is 0 Å². The molecule has 5 nitrogen and oxygen atoms in total. The molecule has 0 bridgehead atoms. The number of benzene rings is 1. The minimum Gasteiger partial charge on any atom is -0.294 e. The molecule has 0 aliphatic rings. The molecule has 1 aromatic heterocycles. The number of carbonyl (C=O) groups excluding carboxylic acids is 1. The van der Waals surface area contributed by atoms with Gasteiger partial charge in [0.1, 0.15) is 0 Å². The van der Waals surface area contributed by atoms with E-state index in [9.17, 15) is 14.9 Å². The molecule has 1 aromatic carbocycles. The summed E-state index contributed by atoms with van der Waals surface area (Å²) in [5.41, 5.74) is 0.837. The van der Waals surface area contributed by atoms with E-state index in [1.807, 2.05) is 0 Å². The maximum Gasteiger partial charge on any atom is 0.271 e. The normalized spacial score (nSPS) is 10.2. The number of pyridine rings is 1. The van der Waals surface area contributed by atoms with Crippen molar-refractivity contribution in [1.82, 2.24) is 4.98 Å². The molecule has 0 spiro atoms. The van der Waals surface area contributed by atoms with Gasteiger partial charge in [-0.2, -0.15) is 0 Å². The predicted molar refractivity (Wildman–Crippen MR) is 70.4 cm³/mol. The van der Waals surface area contributed by atoms with Gasteiger partial charge >= 0.3 is 0 Å². The first-order chi connectivity index (χ1) is 9.06. The SMILES string of the molecule is O=C(Cc1ccncc1)c1cc(Cl)cc([N+](=O)[O-])c1. The van der Waals surface area contributed by atoms with Crippen LogP contribution in [0.1, 0.15) is 15.9 Å². The number of halogens is 1. The Morgan fingerprint density at radius 2 is 1.95 bits per heavy atom. The molecule has 0 fully saturated rings. The lowest BCUT2D eigenvalue weighted by Crippen LogP contribution is -2.04. The van der Waals surface area contributed by atoms with Crippen LogP contribution in [0.3, 0.4) is 0 Å². The third kappa shape index (κ3) is 3.35. The lowest BCUT2D eigenvalue weighted by atomic mass is 10.0. The molecule has 0 saturated carbocycles. The summed E-state index contributed by atoms with van der Waals surface area (Å²) in [6.07, 6.45) is 3.33. The van der Waals surface area contributed by atoms with Crippen LogP contribution < -0.4 is 0 Å². The summed E-state index contributed by atoms with van der Waals surface area (Å²) >= 11 is 5.77. The zero-order valence-corrected chi connectivity index (χ0v) is 10.5. The molecule has 2 rings (SSSR count). The number of hydrogen-bond acceptors (Lipinski definition) is 4. The minimum absolute atomic E-state index is 0.153. The molecule has 19 heavy (non-hydrogen) atoms. The van der Waals surface area contributed by atoms with Crippen LogP contribution >= 0.6 is 11.6 Å². The van der Waals surface area contributed by atoms with Crippen LogP contribution in [0.15, 0.2) is 42.7 Å². The highest BCUT2D eigenvalue weighted by atomic mass is 35.5. The Morgan fingerprint density at radius 3 is 2.58 bits per heavy atom. The molecular formula is C13H9ClN2O3. The van der Waals surface area contributed by atoms with Gasteiger partial charge in [0.15, 0.2) is 5.78 Å². The topological polar surface area (TPSA) is 73.1 Å². The summed E-state index contributed by atoms with van der Waals surface area (Å²) in [6.45, 7) is 0. The van der Waals surface area contributed by atoms with E-state index >= 15 is 0 Å². The Balaban J connectivity index is 2.26. The van der Waals surface area contributed by atoms with Gasteiger partial charge in [-0.15, -0.1) is 0 Å². The smallest absolute Gasteiger partial charge is 0.271 e. The van der Waals surface area contributed by atoms with Gasteiger partial charge in [-0.05, 0) is 23.8 Å². The minimum atomic E-state index is -0.574. The molecule has 0 saturated heterocycles. The third-order valence-corrected chi connectivity index (χ3v) is 2.75. The van der Waals surface area contributed by atoms with Crippen molar-refractivity contribution in [3.8, 4) is 0 Å². The Bertz CT molecular complexity index is 629. The molecule has 6 heteroatoms. The van der Waals surface area contributed by atoms with Crippen molar-refractivity contribution in [1.29, 1.82) is 0 Å². The van der Waals surface area contributed by atoms with E-state index < -0.39 is 4.92 Å². The molecular weight excluding hydrogens is 268 g/mol. The summed E-state index contributed by atoms with van der Waals surface area (Å²) in [6, 6.07) is 7.31. The second-order valence-corrected chi connectivity index (χ2v) is 4.35. The maximum absolute atomic E-state index is 12.0. The van der Waals surface area contributed by atoms with Gasteiger partial charge in [0, 0.05) is 41.5 Å². The third-order valence-electron chi connectivity index (χ3n) is 2.53.